The van der Waals surface area contributed by atoms with E-state index in [0.717, 1.165) is 12.1 Å². The van der Waals surface area contributed by atoms with Gasteiger partial charge in [0.05, 0.1) is 6.10 Å². The van der Waals surface area contributed by atoms with Crippen LogP contribution in [0.25, 0.3) is 0 Å². The topological polar surface area (TPSA) is 61.4 Å². The zero-order valence-electron chi connectivity index (χ0n) is 12.8. The minimum atomic E-state index is -0.552. The Kier molecular flexibility index (Phi) is 5.62. The molecule has 21 heavy (non-hydrogen) atoms. The van der Waals surface area contributed by atoms with Crippen LogP contribution in [0.5, 0.6) is 0 Å². The molecule has 1 aromatic rings. The molecule has 0 radical (unpaired) electrons. The third-order valence-electron chi connectivity index (χ3n) is 4.17. The highest BCUT2D eigenvalue weighted by molar-refractivity contribution is 5.73. The molecule has 1 fully saturated rings. The first kappa shape index (κ1) is 15.8. The predicted octanol–water partition coefficient (Wildman–Crippen LogP) is 2.47. The first-order chi connectivity index (χ1) is 10.1. The first-order valence-electron chi connectivity index (χ1n) is 7.87. The van der Waals surface area contributed by atoms with Gasteiger partial charge in [-0.1, -0.05) is 43.7 Å². The number of nitrogens with one attached hydrogen (secondary N) is 2. The van der Waals surface area contributed by atoms with E-state index in [0.29, 0.717) is 11.8 Å². The van der Waals surface area contributed by atoms with Crippen molar-refractivity contribution in [2.24, 2.45) is 5.41 Å². The van der Waals surface area contributed by atoms with Gasteiger partial charge in [0, 0.05) is 19.5 Å². The lowest BCUT2D eigenvalue weighted by Gasteiger charge is -2.16. The van der Waals surface area contributed by atoms with Gasteiger partial charge < -0.3 is 15.7 Å². The number of hydrogen-bond donors (Lipinski definition) is 3. The fraction of sp³-hybridized carbons (Fsp3) is 0.588. The van der Waals surface area contributed by atoms with Crippen LogP contribution in [-0.2, 0) is 6.42 Å². The monoisotopic (exact) mass is 290 g/mol. The van der Waals surface area contributed by atoms with Gasteiger partial charge in [0.1, 0.15) is 0 Å². The highest BCUT2D eigenvalue weighted by Gasteiger charge is 2.41. The Hall–Kier alpha value is -1.55. The largest absolute Gasteiger partial charge is 0.391 e. The SMILES string of the molecule is CCCC1(CNC(=O)NCC(O)Cc2ccccc2)CC1. The Balaban J connectivity index is 1.62. The Morgan fingerprint density at radius 2 is 2.00 bits per heavy atom. The standard InChI is InChI=1S/C17H26N2O2/c1-2-8-17(9-10-17)13-19-16(21)18-12-15(20)11-14-6-4-3-5-7-14/h3-7,15,20H,2,8-13H2,1H3,(H2,18,19,21). The van der Waals surface area contributed by atoms with Gasteiger partial charge in [-0.25, -0.2) is 4.79 Å². The summed E-state index contributed by atoms with van der Waals surface area (Å²) in [6.07, 6.45) is 4.79. The average Bonchev–Trinajstić information content (AvgIpc) is 3.25. The van der Waals surface area contributed by atoms with Crippen LogP contribution in [0.1, 0.15) is 38.2 Å². The van der Waals surface area contributed by atoms with Crippen molar-refractivity contribution in [2.75, 3.05) is 13.1 Å². The molecule has 0 saturated heterocycles. The van der Waals surface area contributed by atoms with Crippen LogP contribution in [0.2, 0.25) is 0 Å². The van der Waals surface area contributed by atoms with E-state index in [1.807, 2.05) is 30.3 Å². The highest BCUT2D eigenvalue weighted by Crippen LogP contribution is 2.48. The molecule has 1 saturated carbocycles. The number of rotatable bonds is 8. The Morgan fingerprint density at radius 3 is 2.62 bits per heavy atom. The number of benzene rings is 1. The maximum absolute atomic E-state index is 11.7. The number of aliphatic hydroxyl groups excluding tert-OH is 1. The van der Waals surface area contributed by atoms with Crippen LogP contribution in [0, 0.1) is 5.41 Å². The molecule has 1 aromatic carbocycles. The molecule has 1 unspecified atom stereocenters. The highest BCUT2D eigenvalue weighted by atomic mass is 16.3. The molecule has 0 heterocycles. The van der Waals surface area contributed by atoms with E-state index >= 15 is 0 Å². The fourth-order valence-corrected chi connectivity index (χ4v) is 2.72. The number of carbonyl (C=O) groups is 1. The summed E-state index contributed by atoms with van der Waals surface area (Å²) < 4.78 is 0. The quantitative estimate of drug-likeness (QED) is 0.689. The second kappa shape index (κ2) is 7.46. The van der Waals surface area contributed by atoms with Gasteiger partial charge in [0.25, 0.3) is 0 Å². The maximum Gasteiger partial charge on any atom is 0.314 e. The normalized spacial score (nSPS) is 17.0. The van der Waals surface area contributed by atoms with E-state index in [1.54, 1.807) is 0 Å². The first-order valence-corrected chi connectivity index (χ1v) is 7.87. The van der Waals surface area contributed by atoms with E-state index in [4.69, 9.17) is 0 Å². The third kappa shape index (κ3) is 5.38. The molecular formula is C17H26N2O2. The molecular weight excluding hydrogens is 264 g/mol. The summed E-state index contributed by atoms with van der Waals surface area (Å²) in [5.41, 5.74) is 1.43. The summed E-state index contributed by atoms with van der Waals surface area (Å²) in [5.74, 6) is 0. The number of hydrogen-bond acceptors (Lipinski definition) is 2. The summed E-state index contributed by atoms with van der Waals surface area (Å²) in [6, 6.07) is 9.63. The Morgan fingerprint density at radius 1 is 1.29 bits per heavy atom. The lowest BCUT2D eigenvalue weighted by molar-refractivity contribution is 0.170. The number of carbonyl (C=O) groups excluding carboxylic acids is 1. The Labute approximate surface area is 126 Å². The summed E-state index contributed by atoms with van der Waals surface area (Å²) in [7, 11) is 0. The van der Waals surface area contributed by atoms with Crippen LogP contribution in [0.15, 0.2) is 30.3 Å². The van der Waals surface area contributed by atoms with Gasteiger partial charge >= 0.3 is 6.03 Å². The van der Waals surface area contributed by atoms with E-state index in [2.05, 4.69) is 17.6 Å². The van der Waals surface area contributed by atoms with Gasteiger partial charge in [-0.05, 0) is 30.2 Å². The fourth-order valence-electron chi connectivity index (χ4n) is 2.72. The van der Waals surface area contributed by atoms with Crippen LogP contribution < -0.4 is 10.6 Å². The molecule has 3 N–H and O–H groups in total. The van der Waals surface area contributed by atoms with Crippen LogP contribution in [0.4, 0.5) is 4.79 Å². The third-order valence-corrected chi connectivity index (χ3v) is 4.17. The summed E-state index contributed by atoms with van der Waals surface area (Å²) >= 11 is 0. The minimum Gasteiger partial charge on any atom is -0.391 e. The summed E-state index contributed by atoms with van der Waals surface area (Å²) in [6.45, 7) is 3.21. The minimum absolute atomic E-state index is 0.176. The van der Waals surface area contributed by atoms with Crippen molar-refractivity contribution >= 4 is 6.03 Å². The van der Waals surface area contributed by atoms with Crippen molar-refractivity contribution in [2.45, 2.75) is 45.1 Å². The summed E-state index contributed by atoms with van der Waals surface area (Å²) in [4.78, 5) is 11.7. The number of urea groups is 1. The molecule has 2 amide bonds. The van der Waals surface area contributed by atoms with Crippen molar-refractivity contribution in [1.82, 2.24) is 10.6 Å². The van der Waals surface area contributed by atoms with Crippen LogP contribution in [0.3, 0.4) is 0 Å². The van der Waals surface area contributed by atoms with Gasteiger partial charge in [-0.15, -0.1) is 0 Å². The zero-order chi connectivity index (χ0) is 15.1. The van der Waals surface area contributed by atoms with E-state index in [1.165, 1.54) is 25.7 Å². The van der Waals surface area contributed by atoms with Gasteiger partial charge in [0.2, 0.25) is 0 Å². The molecule has 1 aliphatic carbocycles. The molecule has 116 valence electrons. The molecule has 0 spiro atoms. The van der Waals surface area contributed by atoms with Crippen molar-refractivity contribution in [1.29, 1.82) is 0 Å². The van der Waals surface area contributed by atoms with Crippen LogP contribution >= 0.6 is 0 Å². The molecule has 1 aliphatic rings. The van der Waals surface area contributed by atoms with E-state index < -0.39 is 6.10 Å². The van der Waals surface area contributed by atoms with E-state index in [9.17, 15) is 9.90 Å². The van der Waals surface area contributed by atoms with Gasteiger partial charge in [-0.3, -0.25) is 0 Å². The van der Waals surface area contributed by atoms with Crippen molar-refractivity contribution in [3.63, 3.8) is 0 Å². The zero-order valence-corrected chi connectivity index (χ0v) is 12.8. The molecule has 0 aromatic heterocycles. The lowest BCUT2D eigenvalue weighted by Crippen LogP contribution is -2.42. The number of aliphatic hydroxyl groups is 1. The lowest BCUT2D eigenvalue weighted by atomic mass is 10.0. The molecule has 0 bridgehead atoms. The average molecular weight is 290 g/mol. The smallest absolute Gasteiger partial charge is 0.314 e. The Bertz CT molecular complexity index is 443. The van der Waals surface area contributed by atoms with Gasteiger partial charge in [-0.2, -0.15) is 0 Å². The molecule has 2 rings (SSSR count). The van der Waals surface area contributed by atoms with Crippen molar-refractivity contribution in [3.05, 3.63) is 35.9 Å². The van der Waals surface area contributed by atoms with Crippen LogP contribution in [-0.4, -0.2) is 30.3 Å². The second-order valence-electron chi connectivity index (χ2n) is 6.16. The number of amides is 2. The molecule has 4 nitrogen and oxygen atoms in total. The second-order valence-corrected chi connectivity index (χ2v) is 6.16. The van der Waals surface area contributed by atoms with E-state index in [-0.39, 0.29) is 12.6 Å². The van der Waals surface area contributed by atoms with Crippen molar-refractivity contribution < 1.29 is 9.90 Å². The van der Waals surface area contributed by atoms with Crippen molar-refractivity contribution in [3.8, 4) is 0 Å². The van der Waals surface area contributed by atoms with Gasteiger partial charge in [0.15, 0.2) is 0 Å². The maximum atomic E-state index is 11.7. The molecule has 0 aliphatic heterocycles. The molecule has 4 heteroatoms. The predicted molar refractivity (Wildman–Crippen MR) is 84.1 cm³/mol. The summed E-state index contributed by atoms with van der Waals surface area (Å²) in [5, 5.41) is 15.6. The molecule has 1 atom stereocenters.